The van der Waals surface area contributed by atoms with E-state index in [0.29, 0.717) is 12.7 Å². The predicted octanol–water partition coefficient (Wildman–Crippen LogP) is 2.45. The molecule has 15 heavy (non-hydrogen) atoms. The first-order valence-electron chi connectivity index (χ1n) is 5.38. The Morgan fingerprint density at radius 3 is 2.53 bits per heavy atom. The Bertz CT molecular complexity index is 266. The van der Waals surface area contributed by atoms with E-state index in [2.05, 4.69) is 20.8 Å². The average Bonchev–Trinajstić information content (AvgIpc) is 2.70. The van der Waals surface area contributed by atoms with Crippen LogP contribution in [0.2, 0.25) is 0 Å². The largest absolute Gasteiger partial charge is 0.462 e. The van der Waals surface area contributed by atoms with Crippen LogP contribution in [0.5, 0.6) is 0 Å². The maximum Gasteiger partial charge on any atom is 0.302 e. The number of epoxide rings is 1. The minimum Gasteiger partial charge on any atom is -0.462 e. The summed E-state index contributed by atoms with van der Waals surface area (Å²) in [6.07, 6.45) is 4.41. The van der Waals surface area contributed by atoms with E-state index in [1.54, 1.807) is 0 Å². The number of carbonyl (C=O) groups excluding carboxylic acids is 1. The summed E-state index contributed by atoms with van der Waals surface area (Å²) in [7, 11) is 0. The van der Waals surface area contributed by atoms with Crippen molar-refractivity contribution in [3.05, 3.63) is 11.6 Å². The van der Waals surface area contributed by atoms with Crippen LogP contribution in [0.1, 0.15) is 40.5 Å². The van der Waals surface area contributed by atoms with E-state index in [-0.39, 0.29) is 11.6 Å². The Hall–Kier alpha value is -0.830. The molecule has 1 saturated heterocycles. The molecular weight excluding hydrogens is 192 g/mol. The molecule has 0 aromatic carbocycles. The maximum absolute atomic E-state index is 10.5. The molecule has 0 spiro atoms. The van der Waals surface area contributed by atoms with Crippen molar-refractivity contribution in [3.8, 4) is 0 Å². The van der Waals surface area contributed by atoms with Gasteiger partial charge in [0.1, 0.15) is 6.61 Å². The van der Waals surface area contributed by atoms with Gasteiger partial charge in [0.05, 0.1) is 11.7 Å². The van der Waals surface area contributed by atoms with Crippen molar-refractivity contribution in [2.75, 3.05) is 6.61 Å². The topological polar surface area (TPSA) is 38.8 Å². The van der Waals surface area contributed by atoms with E-state index in [9.17, 15) is 4.79 Å². The zero-order valence-electron chi connectivity index (χ0n) is 10.0. The van der Waals surface area contributed by atoms with Gasteiger partial charge in [-0.25, -0.2) is 0 Å². The third-order valence-corrected chi connectivity index (χ3v) is 2.68. The minimum absolute atomic E-state index is 0.0795. The molecule has 3 heteroatoms. The normalized spacial score (nSPS) is 23.7. The van der Waals surface area contributed by atoms with Crippen LogP contribution in [-0.4, -0.2) is 24.3 Å². The molecule has 0 bridgehead atoms. The van der Waals surface area contributed by atoms with Gasteiger partial charge in [-0.05, 0) is 39.7 Å². The van der Waals surface area contributed by atoms with Crippen LogP contribution in [0, 0.1) is 0 Å². The minimum atomic E-state index is -0.231. The van der Waals surface area contributed by atoms with Gasteiger partial charge < -0.3 is 9.47 Å². The number of hydrogen-bond donors (Lipinski definition) is 0. The van der Waals surface area contributed by atoms with Gasteiger partial charge in [-0.1, -0.05) is 5.57 Å². The highest BCUT2D eigenvalue weighted by molar-refractivity contribution is 5.66. The van der Waals surface area contributed by atoms with Crippen molar-refractivity contribution in [2.24, 2.45) is 0 Å². The molecule has 0 aromatic heterocycles. The Morgan fingerprint density at radius 1 is 1.47 bits per heavy atom. The maximum atomic E-state index is 10.5. The fourth-order valence-electron chi connectivity index (χ4n) is 1.50. The second kappa shape index (κ2) is 4.79. The molecule has 0 unspecified atom stereocenters. The van der Waals surface area contributed by atoms with E-state index in [1.807, 2.05) is 6.08 Å². The van der Waals surface area contributed by atoms with E-state index in [1.165, 1.54) is 12.5 Å². The molecule has 1 atom stereocenters. The molecule has 0 saturated carbocycles. The third-order valence-electron chi connectivity index (χ3n) is 2.68. The van der Waals surface area contributed by atoms with Gasteiger partial charge in [0.25, 0.3) is 0 Å². The molecule has 1 heterocycles. The monoisotopic (exact) mass is 212 g/mol. The Morgan fingerprint density at radius 2 is 2.07 bits per heavy atom. The zero-order chi connectivity index (χ0) is 11.5. The molecular formula is C12H20O3. The predicted molar refractivity (Wildman–Crippen MR) is 58.6 cm³/mol. The van der Waals surface area contributed by atoms with Crippen LogP contribution < -0.4 is 0 Å². The van der Waals surface area contributed by atoms with Gasteiger partial charge in [-0.15, -0.1) is 0 Å². The Kier molecular flexibility index (Phi) is 3.91. The summed E-state index contributed by atoms with van der Waals surface area (Å²) < 4.78 is 10.3. The number of allylic oxidation sites excluding steroid dienone is 1. The van der Waals surface area contributed by atoms with E-state index in [0.717, 1.165) is 12.8 Å². The van der Waals surface area contributed by atoms with Crippen molar-refractivity contribution >= 4 is 5.97 Å². The lowest BCUT2D eigenvalue weighted by atomic mass is 10.0. The van der Waals surface area contributed by atoms with E-state index < -0.39 is 0 Å². The lowest BCUT2D eigenvalue weighted by Gasteiger charge is -2.01. The first kappa shape index (κ1) is 12.2. The van der Waals surface area contributed by atoms with E-state index >= 15 is 0 Å². The summed E-state index contributed by atoms with van der Waals surface area (Å²) in [6, 6.07) is 0. The second-order valence-corrected chi connectivity index (χ2v) is 4.60. The highest BCUT2D eigenvalue weighted by Gasteiger charge is 2.46. The van der Waals surface area contributed by atoms with Crippen LogP contribution >= 0.6 is 0 Å². The summed E-state index contributed by atoms with van der Waals surface area (Å²) in [5.74, 6) is -0.231. The van der Waals surface area contributed by atoms with Gasteiger partial charge in [0.15, 0.2) is 0 Å². The van der Waals surface area contributed by atoms with Gasteiger partial charge in [-0.2, -0.15) is 0 Å². The quantitative estimate of drug-likeness (QED) is 0.399. The van der Waals surface area contributed by atoms with Crippen LogP contribution in [0.4, 0.5) is 0 Å². The number of carbonyl (C=O) groups is 1. The van der Waals surface area contributed by atoms with E-state index in [4.69, 9.17) is 9.47 Å². The fraction of sp³-hybridized carbons (Fsp3) is 0.750. The van der Waals surface area contributed by atoms with Crippen LogP contribution in [-0.2, 0) is 14.3 Å². The molecule has 3 nitrogen and oxygen atoms in total. The van der Waals surface area contributed by atoms with Gasteiger partial charge in [-0.3, -0.25) is 4.79 Å². The Balaban J connectivity index is 2.13. The van der Waals surface area contributed by atoms with Gasteiger partial charge >= 0.3 is 5.97 Å². The van der Waals surface area contributed by atoms with Crippen LogP contribution in [0.25, 0.3) is 0 Å². The lowest BCUT2D eigenvalue weighted by molar-refractivity contribution is -0.139. The van der Waals surface area contributed by atoms with Gasteiger partial charge in [0, 0.05) is 6.92 Å². The zero-order valence-corrected chi connectivity index (χ0v) is 10.0. The number of ether oxygens (including phenoxy) is 2. The molecule has 1 fully saturated rings. The third kappa shape index (κ3) is 4.47. The summed E-state index contributed by atoms with van der Waals surface area (Å²) in [5, 5.41) is 0. The number of esters is 1. The average molecular weight is 212 g/mol. The van der Waals surface area contributed by atoms with Crippen molar-refractivity contribution in [1.82, 2.24) is 0 Å². The summed E-state index contributed by atoms with van der Waals surface area (Å²) >= 11 is 0. The molecule has 86 valence electrons. The molecule has 0 radical (unpaired) electrons. The molecule has 1 aliphatic rings. The van der Waals surface area contributed by atoms with Crippen molar-refractivity contribution < 1.29 is 14.3 Å². The summed E-state index contributed by atoms with van der Waals surface area (Å²) in [4.78, 5) is 10.5. The fourth-order valence-corrected chi connectivity index (χ4v) is 1.50. The molecule has 0 aliphatic carbocycles. The van der Waals surface area contributed by atoms with Crippen molar-refractivity contribution in [3.63, 3.8) is 0 Å². The highest BCUT2D eigenvalue weighted by Crippen LogP contribution is 2.38. The lowest BCUT2D eigenvalue weighted by Crippen LogP contribution is -2.03. The highest BCUT2D eigenvalue weighted by atomic mass is 16.6. The molecule has 1 rings (SSSR count). The van der Waals surface area contributed by atoms with Crippen LogP contribution in [0.3, 0.4) is 0 Å². The number of hydrogen-bond acceptors (Lipinski definition) is 3. The summed E-state index contributed by atoms with van der Waals surface area (Å²) in [6.45, 7) is 8.07. The molecule has 0 N–H and O–H groups in total. The SMILES string of the molecule is CC(=O)OC/C=C(\C)CC[C@@H]1OC1(C)C. The smallest absolute Gasteiger partial charge is 0.302 e. The standard InChI is InChI=1S/C12H20O3/c1-9(7-8-14-10(2)13)5-6-11-12(3,4)15-11/h7,11H,5-6,8H2,1-4H3/b9-7+/t11-/m0/s1. The second-order valence-electron chi connectivity index (χ2n) is 4.60. The molecule has 0 amide bonds. The summed E-state index contributed by atoms with van der Waals surface area (Å²) in [5.41, 5.74) is 1.33. The molecule has 1 aliphatic heterocycles. The number of rotatable bonds is 5. The van der Waals surface area contributed by atoms with Crippen molar-refractivity contribution in [1.29, 1.82) is 0 Å². The molecule has 0 aromatic rings. The first-order valence-corrected chi connectivity index (χ1v) is 5.38. The van der Waals surface area contributed by atoms with Crippen molar-refractivity contribution in [2.45, 2.75) is 52.2 Å². The van der Waals surface area contributed by atoms with Crippen LogP contribution in [0.15, 0.2) is 11.6 Å². The first-order chi connectivity index (χ1) is 6.92. The Labute approximate surface area is 91.4 Å². The van der Waals surface area contributed by atoms with Gasteiger partial charge in [0.2, 0.25) is 0 Å².